The molecular formula is C18H22N6O. The van der Waals surface area contributed by atoms with E-state index >= 15 is 0 Å². The Hall–Kier alpha value is -2.96. The minimum Gasteiger partial charge on any atom is -0.322 e. The van der Waals surface area contributed by atoms with Gasteiger partial charge in [0.15, 0.2) is 5.82 Å². The lowest BCUT2D eigenvalue weighted by atomic mass is 9.89. The second-order valence-corrected chi connectivity index (χ2v) is 7.09. The minimum absolute atomic E-state index is 0.179. The Labute approximate surface area is 146 Å². The molecule has 0 aliphatic heterocycles. The molecule has 2 N–H and O–H groups in total. The maximum atomic E-state index is 12.7. The van der Waals surface area contributed by atoms with Crippen LogP contribution >= 0.6 is 0 Å². The lowest BCUT2D eigenvalue weighted by molar-refractivity contribution is 0.102. The Bertz CT molecular complexity index is 916. The molecule has 0 saturated carbocycles. The van der Waals surface area contributed by atoms with E-state index < -0.39 is 0 Å². The van der Waals surface area contributed by atoms with Crippen LogP contribution in [0, 0.1) is 6.92 Å². The van der Waals surface area contributed by atoms with Crippen LogP contribution in [0.2, 0.25) is 0 Å². The molecule has 0 saturated heterocycles. The SMILES string of the molecule is Cc1nc(-c2cccc(NC(=O)c3cn(C)nc3C(C)(C)C)c2)n[nH]1. The summed E-state index contributed by atoms with van der Waals surface area (Å²) in [5.74, 6) is 1.17. The number of carbonyl (C=O) groups excluding carboxylic acids is 1. The molecule has 0 spiro atoms. The van der Waals surface area contributed by atoms with Crippen molar-refractivity contribution in [2.75, 3.05) is 5.32 Å². The van der Waals surface area contributed by atoms with Gasteiger partial charge in [0.2, 0.25) is 0 Å². The first-order chi connectivity index (χ1) is 11.7. The highest BCUT2D eigenvalue weighted by atomic mass is 16.1. The standard InChI is InChI=1S/C18H22N6O/c1-11-19-16(22-21-11)12-7-6-8-13(9-12)20-17(25)14-10-24(5)23-15(14)18(2,3)4/h6-10H,1-5H3,(H,20,25)(H,19,21,22). The molecule has 25 heavy (non-hydrogen) atoms. The van der Waals surface area contributed by atoms with Crippen molar-refractivity contribution in [3.05, 3.63) is 47.5 Å². The third-order valence-electron chi connectivity index (χ3n) is 3.76. The van der Waals surface area contributed by atoms with Crippen LogP contribution in [0.5, 0.6) is 0 Å². The second kappa shape index (κ2) is 6.16. The highest BCUT2D eigenvalue weighted by molar-refractivity contribution is 6.05. The van der Waals surface area contributed by atoms with Crippen molar-refractivity contribution < 1.29 is 4.79 Å². The number of aromatic nitrogens is 5. The highest BCUT2D eigenvalue weighted by Crippen LogP contribution is 2.25. The van der Waals surface area contributed by atoms with Crippen LogP contribution in [-0.2, 0) is 12.5 Å². The predicted octanol–water partition coefficient (Wildman–Crippen LogP) is 3.06. The van der Waals surface area contributed by atoms with E-state index in [2.05, 4.69) is 25.6 Å². The van der Waals surface area contributed by atoms with E-state index in [-0.39, 0.29) is 11.3 Å². The zero-order chi connectivity index (χ0) is 18.2. The molecule has 0 atom stereocenters. The third kappa shape index (κ3) is 3.60. The van der Waals surface area contributed by atoms with Gasteiger partial charge in [0.05, 0.1) is 11.3 Å². The van der Waals surface area contributed by atoms with E-state index in [0.29, 0.717) is 17.1 Å². The molecule has 0 bridgehead atoms. The van der Waals surface area contributed by atoms with Gasteiger partial charge in [0, 0.05) is 29.9 Å². The van der Waals surface area contributed by atoms with Gasteiger partial charge >= 0.3 is 0 Å². The van der Waals surface area contributed by atoms with Crippen molar-refractivity contribution in [3.63, 3.8) is 0 Å². The summed E-state index contributed by atoms with van der Waals surface area (Å²) in [4.78, 5) is 17.1. The molecule has 0 fully saturated rings. The van der Waals surface area contributed by atoms with E-state index in [0.717, 1.165) is 17.1 Å². The molecule has 130 valence electrons. The number of aromatic amines is 1. The normalized spacial score (nSPS) is 11.6. The summed E-state index contributed by atoms with van der Waals surface area (Å²) in [6, 6.07) is 7.47. The van der Waals surface area contributed by atoms with Crippen LogP contribution in [0.3, 0.4) is 0 Å². The average molecular weight is 338 g/mol. The van der Waals surface area contributed by atoms with Crippen LogP contribution in [0.4, 0.5) is 5.69 Å². The van der Waals surface area contributed by atoms with Crippen molar-refractivity contribution in [3.8, 4) is 11.4 Å². The Kier molecular flexibility index (Phi) is 4.16. The smallest absolute Gasteiger partial charge is 0.259 e. The highest BCUT2D eigenvalue weighted by Gasteiger charge is 2.25. The Balaban J connectivity index is 1.87. The van der Waals surface area contributed by atoms with Gasteiger partial charge in [-0.05, 0) is 19.1 Å². The number of nitrogens with zero attached hydrogens (tertiary/aromatic N) is 4. The molecular weight excluding hydrogens is 316 g/mol. The van der Waals surface area contributed by atoms with E-state index in [1.54, 1.807) is 10.9 Å². The van der Waals surface area contributed by atoms with E-state index in [1.165, 1.54) is 0 Å². The summed E-state index contributed by atoms with van der Waals surface area (Å²) < 4.78 is 1.67. The summed E-state index contributed by atoms with van der Waals surface area (Å²) in [5, 5.41) is 14.4. The Morgan fingerprint density at radius 1 is 1.28 bits per heavy atom. The number of anilines is 1. The van der Waals surface area contributed by atoms with E-state index in [1.807, 2.05) is 59.0 Å². The van der Waals surface area contributed by atoms with Crippen molar-refractivity contribution in [1.82, 2.24) is 25.0 Å². The largest absolute Gasteiger partial charge is 0.322 e. The van der Waals surface area contributed by atoms with Crippen LogP contribution in [0.25, 0.3) is 11.4 Å². The van der Waals surface area contributed by atoms with Gasteiger partial charge in [-0.15, -0.1) is 0 Å². The molecule has 1 amide bonds. The summed E-state index contributed by atoms with van der Waals surface area (Å²) in [6.07, 6.45) is 1.75. The predicted molar refractivity (Wildman–Crippen MR) is 96.4 cm³/mol. The van der Waals surface area contributed by atoms with Crippen molar-refractivity contribution >= 4 is 11.6 Å². The topological polar surface area (TPSA) is 88.5 Å². The number of aryl methyl sites for hydroxylation is 2. The van der Waals surface area contributed by atoms with E-state index in [4.69, 9.17) is 0 Å². The second-order valence-electron chi connectivity index (χ2n) is 7.09. The summed E-state index contributed by atoms with van der Waals surface area (Å²) in [7, 11) is 1.82. The van der Waals surface area contributed by atoms with Gasteiger partial charge in [0.25, 0.3) is 5.91 Å². The molecule has 2 heterocycles. The van der Waals surface area contributed by atoms with Gasteiger partial charge in [0.1, 0.15) is 5.82 Å². The third-order valence-corrected chi connectivity index (χ3v) is 3.76. The number of benzene rings is 1. The number of hydrogen-bond acceptors (Lipinski definition) is 4. The van der Waals surface area contributed by atoms with Crippen LogP contribution < -0.4 is 5.32 Å². The molecule has 0 aliphatic carbocycles. The summed E-state index contributed by atoms with van der Waals surface area (Å²) >= 11 is 0. The van der Waals surface area contributed by atoms with Crippen LogP contribution in [0.15, 0.2) is 30.5 Å². The minimum atomic E-state index is -0.216. The lowest BCUT2D eigenvalue weighted by Crippen LogP contribution is -2.20. The van der Waals surface area contributed by atoms with Crippen LogP contribution in [-0.4, -0.2) is 30.9 Å². The van der Waals surface area contributed by atoms with Gasteiger partial charge < -0.3 is 5.32 Å². The zero-order valence-corrected chi connectivity index (χ0v) is 15.1. The Morgan fingerprint density at radius 3 is 2.68 bits per heavy atom. The number of H-pyrrole nitrogens is 1. The fourth-order valence-electron chi connectivity index (χ4n) is 2.61. The number of carbonyl (C=O) groups is 1. The summed E-state index contributed by atoms with van der Waals surface area (Å²) in [6.45, 7) is 7.97. The Morgan fingerprint density at radius 2 is 2.04 bits per heavy atom. The monoisotopic (exact) mass is 338 g/mol. The molecule has 0 aliphatic rings. The first kappa shape index (κ1) is 16.9. The van der Waals surface area contributed by atoms with Gasteiger partial charge in [-0.25, -0.2) is 4.98 Å². The molecule has 7 nitrogen and oxygen atoms in total. The van der Waals surface area contributed by atoms with Gasteiger partial charge in [-0.3, -0.25) is 14.6 Å². The zero-order valence-electron chi connectivity index (χ0n) is 15.1. The molecule has 2 aromatic heterocycles. The fraction of sp³-hybridized carbons (Fsp3) is 0.333. The molecule has 1 aromatic carbocycles. The average Bonchev–Trinajstić information content (AvgIpc) is 3.13. The quantitative estimate of drug-likeness (QED) is 0.768. The summed E-state index contributed by atoms with van der Waals surface area (Å²) in [5.41, 5.74) is 2.66. The van der Waals surface area contributed by atoms with Crippen LogP contribution in [0.1, 0.15) is 42.6 Å². The number of nitrogens with one attached hydrogen (secondary N) is 2. The molecule has 0 unspecified atom stereocenters. The van der Waals surface area contributed by atoms with Crippen molar-refractivity contribution in [2.24, 2.45) is 7.05 Å². The number of hydrogen-bond donors (Lipinski definition) is 2. The molecule has 7 heteroatoms. The van der Waals surface area contributed by atoms with Gasteiger partial charge in [-0.2, -0.15) is 10.2 Å². The first-order valence-corrected chi connectivity index (χ1v) is 8.09. The van der Waals surface area contributed by atoms with Crippen molar-refractivity contribution in [2.45, 2.75) is 33.1 Å². The molecule has 0 radical (unpaired) electrons. The van der Waals surface area contributed by atoms with E-state index in [9.17, 15) is 4.79 Å². The van der Waals surface area contributed by atoms with Gasteiger partial charge in [-0.1, -0.05) is 32.9 Å². The molecule has 3 rings (SSSR count). The molecule has 3 aromatic rings. The number of amides is 1. The van der Waals surface area contributed by atoms with Crippen molar-refractivity contribution in [1.29, 1.82) is 0 Å². The maximum absolute atomic E-state index is 12.7. The first-order valence-electron chi connectivity index (χ1n) is 8.09. The maximum Gasteiger partial charge on any atom is 0.259 e. The lowest BCUT2D eigenvalue weighted by Gasteiger charge is -2.17. The number of rotatable bonds is 3. The fourth-order valence-corrected chi connectivity index (χ4v) is 2.61.